The molecule has 0 unspecified atom stereocenters. The quantitative estimate of drug-likeness (QED) is 0.0779. The molecule has 2 heterocycles. The minimum absolute atomic E-state index is 0.0101. The number of aliphatic hydroxyl groups excluding tert-OH is 4. The van der Waals surface area contributed by atoms with Crippen molar-refractivity contribution in [3.63, 3.8) is 0 Å². The molecule has 56 heavy (non-hydrogen) atoms. The highest BCUT2D eigenvalue weighted by Gasteiger charge is 2.39. The van der Waals surface area contributed by atoms with E-state index in [2.05, 4.69) is 39.7 Å². The van der Waals surface area contributed by atoms with E-state index in [1.165, 1.54) is 18.2 Å². The third-order valence-corrected chi connectivity index (χ3v) is 9.28. The number of ether oxygens (including phenoxy) is 4. The summed E-state index contributed by atoms with van der Waals surface area (Å²) in [6.07, 6.45) is 1.51. The zero-order valence-corrected chi connectivity index (χ0v) is 33.7. The summed E-state index contributed by atoms with van der Waals surface area (Å²) in [5.41, 5.74) is -0.864. The van der Waals surface area contributed by atoms with Crippen LogP contribution >= 0.6 is 11.7 Å². The maximum absolute atomic E-state index is 12.8. The van der Waals surface area contributed by atoms with Gasteiger partial charge in [0.25, 0.3) is 5.88 Å². The second-order valence-electron chi connectivity index (χ2n) is 15.1. The van der Waals surface area contributed by atoms with E-state index in [0.717, 1.165) is 42.8 Å². The topological polar surface area (TPSA) is 176 Å². The Labute approximate surface area is 331 Å². The average molecular weight is 817 g/mol. The molecule has 4 rings (SSSR count). The molecule has 2 aromatic rings. The number of aromatic nitrogens is 2. The van der Waals surface area contributed by atoms with E-state index >= 15 is 0 Å². The third kappa shape index (κ3) is 17.4. The van der Waals surface area contributed by atoms with Gasteiger partial charge in [-0.15, -0.1) is 4.37 Å². The molecular weight excluding hydrogens is 758 g/mol. The summed E-state index contributed by atoms with van der Waals surface area (Å²) in [5, 5.41) is 44.0. The number of nitrogens with one attached hydrogen (secondary N) is 1. The Morgan fingerprint density at radius 3 is 2.48 bits per heavy atom. The number of hydrogen-bond acceptors (Lipinski definition) is 14. The lowest BCUT2D eigenvalue weighted by Crippen LogP contribution is -2.42. The SMILES string of the molecule is CC(C)(C)NC[C@H](O)COc1nsnc1N1CCOCC1.CC(C)OC(=O)CCC/C=C\C[C@@H]1[C@@H](/C=C/[C@@H](O)COc2cccc(C(F)(F)F)c2)[C@H](O)C[C@@H]1O. The van der Waals surface area contributed by atoms with Crippen molar-refractivity contribution < 1.29 is 57.3 Å². The molecule has 2 fully saturated rings. The maximum Gasteiger partial charge on any atom is 0.416 e. The van der Waals surface area contributed by atoms with Crippen molar-refractivity contribution >= 4 is 23.5 Å². The first-order valence-corrected chi connectivity index (χ1v) is 19.7. The molecule has 2 aliphatic rings. The minimum atomic E-state index is -4.49. The molecular formula is C39H59F3N4O9S. The summed E-state index contributed by atoms with van der Waals surface area (Å²) < 4.78 is 68.2. The zero-order chi connectivity index (χ0) is 41.3. The van der Waals surface area contributed by atoms with Crippen molar-refractivity contribution in [2.24, 2.45) is 11.8 Å². The van der Waals surface area contributed by atoms with E-state index in [9.17, 15) is 38.4 Å². The van der Waals surface area contributed by atoms with Crippen molar-refractivity contribution in [1.29, 1.82) is 0 Å². The first-order valence-electron chi connectivity index (χ1n) is 19.0. The van der Waals surface area contributed by atoms with Gasteiger partial charge in [-0.1, -0.05) is 30.4 Å². The van der Waals surface area contributed by atoms with Gasteiger partial charge >= 0.3 is 12.1 Å². The molecule has 1 aliphatic heterocycles. The molecule has 1 aromatic carbocycles. The first kappa shape index (κ1) is 47.1. The molecule has 13 nitrogen and oxygen atoms in total. The fraction of sp³-hybridized carbons (Fsp3) is 0.667. The Hall–Kier alpha value is -3.32. The Bertz CT molecular complexity index is 1500. The number of unbranched alkanes of at least 4 members (excludes halogenated alkanes) is 1. The molecule has 6 atom stereocenters. The number of rotatable bonds is 18. The molecule has 1 aliphatic carbocycles. The number of aliphatic hydroxyl groups is 4. The van der Waals surface area contributed by atoms with Crippen LogP contribution in [0.4, 0.5) is 19.0 Å². The lowest BCUT2D eigenvalue weighted by atomic mass is 9.89. The van der Waals surface area contributed by atoms with E-state index in [1.54, 1.807) is 19.9 Å². The van der Waals surface area contributed by atoms with Crippen molar-refractivity contribution in [1.82, 2.24) is 14.1 Å². The smallest absolute Gasteiger partial charge is 0.416 e. The van der Waals surface area contributed by atoms with Crippen LogP contribution in [-0.4, -0.2) is 117 Å². The minimum Gasteiger partial charge on any atom is -0.491 e. The van der Waals surface area contributed by atoms with E-state index in [1.807, 2.05) is 12.2 Å². The summed E-state index contributed by atoms with van der Waals surface area (Å²) in [6, 6.07) is 4.40. The molecule has 5 N–H and O–H groups in total. The van der Waals surface area contributed by atoms with Crippen molar-refractivity contribution in [2.45, 2.75) is 109 Å². The highest BCUT2D eigenvalue weighted by atomic mass is 32.1. The second kappa shape index (κ2) is 23.2. The molecule has 17 heteroatoms. The fourth-order valence-electron chi connectivity index (χ4n) is 5.91. The lowest BCUT2D eigenvalue weighted by Gasteiger charge is -2.27. The van der Waals surface area contributed by atoms with Crippen LogP contribution in [-0.2, 0) is 20.4 Å². The molecule has 1 saturated carbocycles. The Balaban J connectivity index is 0.000000340. The van der Waals surface area contributed by atoms with E-state index < -0.39 is 36.2 Å². The molecule has 0 radical (unpaired) electrons. The number of halogens is 3. The van der Waals surface area contributed by atoms with E-state index in [-0.39, 0.29) is 54.8 Å². The molecule has 0 amide bonds. The standard InChI is InChI=1S/C26H35F3O6.C13H24N4O3S/c1-17(2)35-25(33)11-6-4-3-5-10-21-22(24(32)15-23(21)31)13-12-19(30)16-34-20-9-7-8-18(14-20)26(27,28)29;1-13(2,3)14-8-10(18)9-20-12-11(15-21-16-12)17-4-6-19-7-5-17/h3,5,7-9,12-14,17,19,21-24,30-32H,4,6,10-11,15-16H2,1-2H3;10,14,18H,4-9H2,1-3H3/b5-3-,13-12+;/t19-,21-,22-,23+,24-;10-/m10/s1. The second-order valence-corrected chi connectivity index (χ2v) is 15.7. The van der Waals surface area contributed by atoms with Gasteiger partial charge in [0.1, 0.15) is 31.2 Å². The number of nitrogens with zero attached hydrogens (tertiary/aromatic N) is 3. The molecule has 0 bridgehead atoms. The van der Waals surface area contributed by atoms with Crippen LogP contribution < -0.4 is 19.7 Å². The van der Waals surface area contributed by atoms with Gasteiger partial charge in [0.05, 0.1) is 48.8 Å². The van der Waals surface area contributed by atoms with Crippen LogP contribution in [0.25, 0.3) is 0 Å². The zero-order valence-electron chi connectivity index (χ0n) is 32.9. The van der Waals surface area contributed by atoms with Gasteiger partial charge in [0.2, 0.25) is 5.82 Å². The van der Waals surface area contributed by atoms with Gasteiger partial charge in [-0.25, -0.2) is 0 Å². The Morgan fingerprint density at radius 1 is 1.07 bits per heavy atom. The first-order chi connectivity index (χ1) is 26.4. The largest absolute Gasteiger partial charge is 0.491 e. The van der Waals surface area contributed by atoms with Crippen molar-refractivity contribution in [3.8, 4) is 11.6 Å². The monoisotopic (exact) mass is 816 g/mol. The molecule has 1 aromatic heterocycles. The van der Waals surface area contributed by atoms with Crippen LogP contribution in [0.3, 0.4) is 0 Å². The summed E-state index contributed by atoms with van der Waals surface area (Å²) in [7, 11) is 0. The number of carbonyl (C=O) groups is 1. The normalized spacial score (nSPS) is 21.6. The highest BCUT2D eigenvalue weighted by Crippen LogP contribution is 2.36. The number of hydrogen-bond donors (Lipinski definition) is 5. The van der Waals surface area contributed by atoms with Crippen LogP contribution in [0.5, 0.6) is 11.6 Å². The molecule has 316 valence electrons. The average Bonchev–Trinajstić information content (AvgIpc) is 3.71. The number of morpholine rings is 1. The summed E-state index contributed by atoms with van der Waals surface area (Å²) >= 11 is 1.12. The van der Waals surface area contributed by atoms with Gasteiger partial charge in [-0.05, 0) is 78.0 Å². The summed E-state index contributed by atoms with van der Waals surface area (Å²) in [5.74, 6) is 0.363. The van der Waals surface area contributed by atoms with Gasteiger partial charge in [-0.3, -0.25) is 4.79 Å². The number of carbonyl (C=O) groups excluding carboxylic acids is 1. The van der Waals surface area contributed by atoms with Crippen LogP contribution in [0, 0.1) is 11.8 Å². The van der Waals surface area contributed by atoms with E-state index in [0.29, 0.717) is 51.3 Å². The van der Waals surface area contributed by atoms with Crippen LogP contribution in [0.15, 0.2) is 48.6 Å². The number of benzene rings is 1. The van der Waals surface area contributed by atoms with E-state index in [4.69, 9.17) is 18.9 Å². The number of anilines is 1. The highest BCUT2D eigenvalue weighted by molar-refractivity contribution is 6.99. The number of alkyl halides is 3. The maximum atomic E-state index is 12.8. The Morgan fingerprint density at radius 2 is 1.80 bits per heavy atom. The van der Waals surface area contributed by atoms with Gasteiger partial charge in [0, 0.05) is 43.9 Å². The third-order valence-electron chi connectivity index (χ3n) is 8.78. The predicted molar refractivity (Wildman–Crippen MR) is 207 cm³/mol. The summed E-state index contributed by atoms with van der Waals surface area (Å²) in [6.45, 7) is 13.1. The number of β-amino-alcohol motifs (C(OH)–C–C–N with tert-alkyl or cyclic N) is 1. The fourth-order valence-corrected chi connectivity index (χ4v) is 6.43. The van der Waals surface area contributed by atoms with Gasteiger partial charge < -0.3 is 49.6 Å². The number of esters is 1. The van der Waals surface area contributed by atoms with Gasteiger partial charge in [-0.2, -0.15) is 17.5 Å². The Kier molecular flexibility index (Phi) is 19.5. The van der Waals surface area contributed by atoms with Crippen LogP contribution in [0.1, 0.15) is 72.3 Å². The van der Waals surface area contributed by atoms with Crippen molar-refractivity contribution in [2.75, 3.05) is 51.0 Å². The predicted octanol–water partition coefficient (Wildman–Crippen LogP) is 4.93. The molecule has 1 saturated heterocycles. The summed E-state index contributed by atoms with van der Waals surface area (Å²) in [4.78, 5) is 13.6. The van der Waals surface area contributed by atoms with Crippen molar-refractivity contribution in [3.05, 3.63) is 54.1 Å². The lowest BCUT2D eigenvalue weighted by molar-refractivity contribution is -0.147. The molecule has 0 spiro atoms. The number of allylic oxidation sites excluding steroid dienone is 2. The van der Waals surface area contributed by atoms with Crippen LogP contribution in [0.2, 0.25) is 0 Å². The van der Waals surface area contributed by atoms with Gasteiger partial charge in [0.15, 0.2) is 0 Å².